The summed E-state index contributed by atoms with van der Waals surface area (Å²) in [6.45, 7) is 4.99. The number of carbonyl (C=O) groups is 1. The van der Waals surface area contributed by atoms with Crippen LogP contribution in [0.25, 0.3) is 0 Å². The highest BCUT2D eigenvalue weighted by molar-refractivity contribution is 7.88. The normalized spacial score (nSPS) is 22.7. The van der Waals surface area contributed by atoms with Gasteiger partial charge in [-0.05, 0) is 13.3 Å². The summed E-state index contributed by atoms with van der Waals surface area (Å²) in [4.78, 5) is 13.7. The van der Waals surface area contributed by atoms with Crippen molar-refractivity contribution in [3.05, 3.63) is 0 Å². The maximum Gasteiger partial charge on any atom is 0.239 e. The first kappa shape index (κ1) is 18.6. The van der Waals surface area contributed by atoms with Crippen LogP contribution < -0.4 is 5.73 Å². The van der Waals surface area contributed by atoms with Crippen molar-refractivity contribution in [3.8, 4) is 0 Å². The smallest absolute Gasteiger partial charge is 0.239 e. The SMILES string of the molecule is CCCC(N)C(=O)N1CCN(S(C)(=O)=O)[C@@H](C)C1.Cl. The lowest BCUT2D eigenvalue weighted by molar-refractivity contribution is -0.134. The lowest BCUT2D eigenvalue weighted by atomic mass is 10.1. The van der Waals surface area contributed by atoms with Crippen LogP contribution in [-0.4, -0.2) is 61.5 Å². The predicted octanol–water partition coefficient (Wildman–Crippen LogP) is 0.0279. The summed E-state index contributed by atoms with van der Waals surface area (Å²) in [6, 6.07) is -0.654. The quantitative estimate of drug-likeness (QED) is 0.793. The van der Waals surface area contributed by atoms with Crippen molar-refractivity contribution in [2.45, 2.75) is 38.8 Å². The first-order chi connectivity index (χ1) is 8.27. The summed E-state index contributed by atoms with van der Waals surface area (Å²) in [5.41, 5.74) is 5.80. The molecule has 1 aliphatic heterocycles. The topological polar surface area (TPSA) is 83.7 Å². The Hall–Kier alpha value is -0.370. The fourth-order valence-corrected chi connectivity index (χ4v) is 3.44. The van der Waals surface area contributed by atoms with E-state index in [2.05, 4.69) is 0 Å². The molecule has 1 rings (SSSR count). The molecule has 0 spiro atoms. The van der Waals surface area contributed by atoms with E-state index in [1.54, 1.807) is 4.90 Å². The first-order valence-electron chi connectivity index (χ1n) is 6.28. The van der Waals surface area contributed by atoms with Crippen LogP contribution in [0.4, 0.5) is 0 Å². The van der Waals surface area contributed by atoms with Gasteiger partial charge >= 0.3 is 0 Å². The van der Waals surface area contributed by atoms with Crippen molar-refractivity contribution in [2.75, 3.05) is 25.9 Å². The average Bonchev–Trinajstić information content (AvgIpc) is 2.26. The van der Waals surface area contributed by atoms with Gasteiger partial charge in [-0.1, -0.05) is 13.3 Å². The molecule has 1 amide bonds. The molecule has 0 aliphatic carbocycles. The molecule has 0 radical (unpaired) electrons. The third-order valence-electron chi connectivity index (χ3n) is 3.22. The van der Waals surface area contributed by atoms with Crippen molar-refractivity contribution >= 4 is 28.3 Å². The molecule has 1 fully saturated rings. The van der Waals surface area contributed by atoms with E-state index < -0.39 is 16.1 Å². The third kappa shape index (κ3) is 4.91. The number of rotatable bonds is 4. The lowest BCUT2D eigenvalue weighted by Gasteiger charge is -2.39. The number of nitrogens with zero attached hydrogens (tertiary/aromatic N) is 2. The molecular weight excluding hydrogens is 290 g/mol. The Bertz CT molecular complexity index is 402. The molecule has 2 atom stereocenters. The Labute approximate surface area is 121 Å². The molecule has 8 heteroatoms. The molecule has 0 saturated carbocycles. The zero-order valence-electron chi connectivity index (χ0n) is 11.7. The van der Waals surface area contributed by atoms with Crippen LogP contribution >= 0.6 is 12.4 Å². The van der Waals surface area contributed by atoms with E-state index in [0.29, 0.717) is 26.1 Å². The highest BCUT2D eigenvalue weighted by atomic mass is 35.5. The first-order valence-corrected chi connectivity index (χ1v) is 8.13. The number of nitrogens with two attached hydrogens (primary N) is 1. The van der Waals surface area contributed by atoms with E-state index in [4.69, 9.17) is 5.73 Å². The Kier molecular flexibility index (Phi) is 7.28. The minimum atomic E-state index is -3.19. The molecule has 1 unspecified atom stereocenters. The van der Waals surface area contributed by atoms with E-state index in [0.717, 1.165) is 6.42 Å². The zero-order valence-corrected chi connectivity index (χ0v) is 13.3. The van der Waals surface area contributed by atoms with Crippen LogP contribution in [0, 0.1) is 0 Å². The molecule has 0 bridgehead atoms. The van der Waals surface area contributed by atoms with Crippen LogP contribution in [0.15, 0.2) is 0 Å². The molecule has 0 aromatic rings. The average molecular weight is 314 g/mol. The number of carbonyl (C=O) groups excluding carboxylic acids is 1. The fraction of sp³-hybridized carbons (Fsp3) is 0.909. The number of halogens is 1. The van der Waals surface area contributed by atoms with Gasteiger partial charge in [-0.25, -0.2) is 8.42 Å². The monoisotopic (exact) mass is 313 g/mol. The summed E-state index contributed by atoms with van der Waals surface area (Å²) in [7, 11) is -3.19. The van der Waals surface area contributed by atoms with Gasteiger partial charge in [-0.3, -0.25) is 4.79 Å². The van der Waals surface area contributed by atoms with Crippen LogP contribution in [-0.2, 0) is 14.8 Å². The van der Waals surface area contributed by atoms with Crippen LogP contribution in [0.2, 0.25) is 0 Å². The number of hydrogen-bond acceptors (Lipinski definition) is 4. The van der Waals surface area contributed by atoms with Crippen LogP contribution in [0.1, 0.15) is 26.7 Å². The van der Waals surface area contributed by atoms with Gasteiger partial charge in [0.2, 0.25) is 15.9 Å². The van der Waals surface area contributed by atoms with Crippen molar-refractivity contribution in [2.24, 2.45) is 5.73 Å². The maximum absolute atomic E-state index is 12.0. The lowest BCUT2D eigenvalue weighted by Crippen LogP contribution is -2.57. The van der Waals surface area contributed by atoms with Gasteiger partial charge in [-0.2, -0.15) is 4.31 Å². The van der Waals surface area contributed by atoms with Crippen molar-refractivity contribution in [3.63, 3.8) is 0 Å². The van der Waals surface area contributed by atoms with E-state index in [1.165, 1.54) is 10.6 Å². The molecule has 0 aromatic carbocycles. The molecule has 1 heterocycles. The Balaban J connectivity index is 0.00000324. The van der Waals surface area contributed by atoms with Crippen LogP contribution in [0.5, 0.6) is 0 Å². The highest BCUT2D eigenvalue weighted by Crippen LogP contribution is 2.14. The molecule has 1 aliphatic rings. The Morgan fingerprint density at radius 1 is 1.42 bits per heavy atom. The Morgan fingerprint density at radius 3 is 2.42 bits per heavy atom. The maximum atomic E-state index is 12.0. The van der Waals surface area contributed by atoms with E-state index in [9.17, 15) is 13.2 Å². The number of sulfonamides is 1. The standard InChI is InChI=1S/C11H23N3O3S.ClH/c1-4-5-10(12)11(15)13-6-7-14(9(2)8-13)18(3,16)17;/h9-10H,4-8,12H2,1-3H3;1H/t9-,10?;/m0./s1. The van der Waals surface area contributed by atoms with E-state index >= 15 is 0 Å². The molecule has 6 nitrogen and oxygen atoms in total. The number of hydrogen-bond donors (Lipinski definition) is 1. The molecule has 2 N–H and O–H groups in total. The molecule has 114 valence electrons. The summed E-state index contributed by atoms with van der Waals surface area (Å²) < 4.78 is 24.4. The fourth-order valence-electron chi connectivity index (χ4n) is 2.30. The molecule has 19 heavy (non-hydrogen) atoms. The predicted molar refractivity (Wildman–Crippen MR) is 77.7 cm³/mol. The Morgan fingerprint density at radius 2 is 2.00 bits per heavy atom. The van der Waals surface area contributed by atoms with Gasteiger partial charge in [0, 0.05) is 25.7 Å². The van der Waals surface area contributed by atoms with E-state index in [1.807, 2.05) is 13.8 Å². The van der Waals surface area contributed by atoms with Crippen molar-refractivity contribution < 1.29 is 13.2 Å². The summed E-state index contributed by atoms with van der Waals surface area (Å²) in [5, 5.41) is 0. The second-order valence-corrected chi connectivity index (χ2v) is 6.84. The van der Waals surface area contributed by atoms with E-state index in [-0.39, 0.29) is 24.4 Å². The summed E-state index contributed by atoms with van der Waals surface area (Å²) >= 11 is 0. The molecular formula is C11H24ClN3O3S. The zero-order chi connectivity index (χ0) is 13.9. The van der Waals surface area contributed by atoms with Crippen molar-refractivity contribution in [1.29, 1.82) is 0 Å². The second-order valence-electron chi connectivity index (χ2n) is 4.90. The number of piperazine rings is 1. The second kappa shape index (κ2) is 7.42. The minimum absolute atomic E-state index is 0. The number of amides is 1. The highest BCUT2D eigenvalue weighted by Gasteiger charge is 2.33. The van der Waals surface area contributed by atoms with Gasteiger partial charge in [0.05, 0.1) is 12.3 Å². The summed E-state index contributed by atoms with van der Waals surface area (Å²) in [6.07, 6.45) is 2.73. The van der Waals surface area contributed by atoms with Gasteiger partial charge < -0.3 is 10.6 Å². The summed E-state index contributed by atoms with van der Waals surface area (Å²) in [5.74, 6) is -0.0724. The minimum Gasteiger partial charge on any atom is -0.338 e. The van der Waals surface area contributed by atoms with Gasteiger partial charge in [-0.15, -0.1) is 12.4 Å². The van der Waals surface area contributed by atoms with Gasteiger partial charge in [0.25, 0.3) is 0 Å². The largest absolute Gasteiger partial charge is 0.338 e. The van der Waals surface area contributed by atoms with Gasteiger partial charge in [0.15, 0.2) is 0 Å². The molecule has 1 saturated heterocycles. The third-order valence-corrected chi connectivity index (χ3v) is 4.62. The van der Waals surface area contributed by atoms with Crippen molar-refractivity contribution in [1.82, 2.24) is 9.21 Å². The molecule has 0 aromatic heterocycles. The van der Waals surface area contributed by atoms with Crippen LogP contribution in [0.3, 0.4) is 0 Å². The van der Waals surface area contributed by atoms with Gasteiger partial charge in [0.1, 0.15) is 0 Å².